The Hall–Kier alpha value is -0.570. The van der Waals surface area contributed by atoms with Gasteiger partial charge < -0.3 is 10.2 Å². The molecule has 1 fully saturated rings. The zero-order chi connectivity index (χ0) is 9.14. The van der Waals surface area contributed by atoms with Gasteiger partial charge in [-0.25, -0.2) is 0 Å². The summed E-state index contributed by atoms with van der Waals surface area (Å²) >= 11 is 0. The van der Waals surface area contributed by atoms with Crippen LogP contribution >= 0.6 is 0 Å². The second kappa shape index (κ2) is 3.90. The summed E-state index contributed by atoms with van der Waals surface area (Å²) in [4.78, 5) is 12.9. The van der Waals surface area contributed by atoms with Crippen molar-refractivity contribution in [1.82, 2.24) is 10.2 Å². The Kier molecular flexibility index (Phi) is 3.09. The lowest BCUT2D eigenvalue weighted by molar-refractivity contribution is -0.129. The molecule has 0 aliphatic heterocycles. The summed E-state index contributed by atoms with van der Waals surface area (Å²) in [5.41, 5.74) is 0. The average Bonchev–Trinajstić information content (AvgIpc) is 2.50. The fourth-order valence-corrected chi connectivity index (χ4v) is 1.83. The topological polar surface area (TPSA) is 32.3 Å². The van der Waals surface area contributed by atoms with Crippen LogP contribution in [0.25, 0.3) is 0 Å². The summed E-state index contributed by atoms with van der Waals surface area (Å²) in [5, 5.41) is 3.25. The lowest BCUT2D eigenvalue weighted by Gasteiger charge is -2.22. The fourth-order valence-electron chi connectivity index (χ4n) is 1.83. The summed E-state index contributed by atoms with van der Waals surface area (Å²) in [6.07, 6.45) is 3.44. The van der Waals surface area contributed by atoms with Gasteiger partial charge in [0.05, 0.1) is 0 Å². The van der Waals surface area contributed by atoms with Crippen molar-refractivity contribution in [2.24, 2.45) is 0 Å². The molecule has 70 valence electrons. The minimum absolute atomic E-state index is 0.178. The number of rotatable bonds is 2. The molecular formula is C9H18N2O. The van der Waals surface area contributed by atoms with Crippen LogP contribution in [-0.2, 0) is 4.79 Å². The van der Waals surface area contributed by atoms with Crippen molar-refractivity contribution in [1.29, 1.82) is 0 Å². The molecule has 0 saturated heterocycles. The van der Waals surface area contributed by atoms with Crippen molar-refractivity contribution in [2.75, 3.05) is 14.1 Å². The molecule has 3 heteroatoms. The van der Waals surface area contributed by atoms with Crippen molar-refractivity contribution in [3.05, 3.63) is 0 Å². The summed E-state index contributed by atoms with van der Waals surface area (Å²) in [6.45, 7) is 1.63. The molecule has 0 heterocycles. The van der Waals surface area contributed by atoms with Gasteiger partial charge in [-0.05, 0) is 26.3 Å². The van der Waals surface area contributed by atoms with Crippen molar-refractivity contribution in [2.45, 2.75) is 38.3 Å². The first-order chi connectivity index (χ1) is 5.65. The molecule has 0 bridgehead atoms. The Morgan fingerprint density at radius 2 is 2.17 bits per heavy atom. The van der Waals surface area contributed by atoms with Crippen LogP contribution in [0.3, 0.4) is 0 Å². The van der Waals surface area contributed by atoms with E-state index in [-0.39, 0.29) is 5.91 Å². The monoisotopic (exact) mass is 170 g/mol. The molecular weight excluding hydrogens is 152 g/mol. The van der Waals surface area contributed by atoms with E-state index in [2.05, 4.69) is 5.32 Å². The highest BCUT2D eigenvalue weighted by Crippen LogP contribution is 2.22. The van der Waals surface area contributed by atoms with Crippen LogP contribution in [-0.4, -0.2) is 37.0 Å². The van der Waals surface area contributed by atoms with Crippen LogP contribution in [0.4, 0.5) is 0 Å². The van der Waals surface area contributed by atoms with Gasteiger partial charge in [0.15, 0.2) is 0 Å². The van der Waals surface area contributed by atoms with E-state index in [0.29, 0.717) is 12.1 Å². The zero-order valence-corrected chi connectivity index (χ0v) is 8.13. The Balaban J connectivity index is 2.41. The minimum atomic E-state index is 0.178. The summed E-state index contributed by atoms with van der Waals surface area (Å²) in [5.74, 6) is 0.178. The Bertz CT molecular complexity index is 170. The molecule has 1 aliphatic rings. The number of amides is 1. The molecule has 1 aliphatic carbocycles. The van der Waals surface area contributed by atoms with Gasteiger partial charge in [0.1, 0.15) is 0 Å². The number of carbonyl (C=O) groups excluding carboxylic acids is 1. The molecule has 1 rings (SSSR count). The standard InChI is InChI=1S/C9H18N2O/c1-7(12)11(3)9-5-4-8(6-9)10-2/h8-10H,4-6H2,1-3H3. The summed E-state index contributed by atoms with van der Waals surface area (Å²) < 4.78 is 0. The molecule has 12 heavy (non-hydrogen) atoms. The highest BCUT2D eigenvalue weighted by Gasteiger charge is 2.27. The van der Waals surface area contributed by atoms with Crippen LogP contribution in [0.5, 0.6) is 0 Å². The number of nitrogens with zero attached hydrogens (tertiary/aromatic N) is 1. The third kappa shape index (κ3) is 1.97. The molecule has 2 atom stereocenters. The first kappa shape index (κ1) is 9.52. The van der Waals surface area contributed by atoms with Gasteiger partial charge in [0.2, 0.25) is 5.91 Å². The fraction of sp³-hybridized carbons (Fsp3) is 0.889. The van der Waals surface area contributed by atoms with Gasteiger partial charge >= 0.3 is 0 Å². The number of nitrogens with one attached hydrogen (secondary N) is 1. The first-order valence-corrected chi connectivity index (χ1v) is 4.55. The van der Waals surface area contributed by atoms with Crippen molar-refractivity contribution < 1.29 is 4.79 Å². The second-order valence-electron chi connectivity index (χ2n) is 3.58. The summed E-state index contributed by atoms with van der Waals surface area (Å²) in [6, 6.07) is 1.07. The van der Waals surface area contributed by atoms with Crippen LogP contribution < -0.4 is 5.32 Å². The van der Waals surface area contributed by atoms with Gasteiger partial charge in [0.25, 0.3) is 0 Å². The number of carbonyl (C=O) groups is 1. The van der Waals surface area contributed by atoms with Crippen LogP contribution in [0.1, 0.15) is 26.2 Å². The molecule has 1 N–H and O–H groups in total. The number of hydrogen-bond donors (Lipinski definition) is 1. The normalized spacial score (nSPS) is 28.9. The van der Waals surface area contributed by atoms with E-state index in [1.165, 1.54) is 6.42 Å². The first-order valence-electron chi connectivity index (χ1n) is 4.55. The highest BCUT2D eigenvalue weighted by molar-refractivity contribution is 5.73. The largest absolute Gasteiger partial charge is 0.343 e. The highest BCUT2D eigenvalue weighted by atomic mass is 16.2. The predicted molar refractivity (Wildman–Crippen MR) is 48.9 cm³/mol. The van der Waals surface area contributed by atoms with E-state index < -0.39 is 0 Å². The van der Waals surface area contributed by atoms with E-state index in [1.54, 1.807) is 6.92 Å². The maximum atomic E-state index is 11.0. The van der Waals surface area contributed by atoms with Gasteiger partial charge in [-0.3, -0.25) is 4.79 Å². The third-order valence-electron chi connectivity index (χ3n) is 2.86. The van der Waals surface area contributed by atoms with Gasteiger partial charge in [-0.2, -0.15) is 0 Å². The van der Waals surface area contributed by atoms with E-state index in [0.717, 1.165) is 12.8 Å². The molecule has 1 amide bonds. The number of hydrogen-bond acceptors (Lipinski definition) is 2. The van der Waals surface area contributed by atoms with Gasteiger partial charge in [-0.1, -0.05) is 0 Å². The van der Waals surface area contributed by atoms with Crippen molar-refractivity contribution >= 4 is 5.91 Å². The summed E-state index contributed by atoms with van der Waals surface area (Å²) in [7, 11) is 3.88. The third-order valence-corrected chi connectivity index (χ3v) is 2.86. The molecule has 0 spiro atoms. The zero-order valence-electron chi connectivity index (χ0n) is 8.13. The maximum Gasteiger partial charge on any atom is 0.219 e. The SMILES string of the molecule is CNC1CCC(N(C)C(C)=O)C1. The predicted octanol–water partition coefficient (Wildman–Crippen LogP) is 0.605. The average molecular weight is 170 g/mol. The van der Waals surface area contributed by atoms with Crippen LogP contribution in [0.15, 0.2) is 0 Å². The molecule has 3 nitrogen and oxygen atoms in total. The lowest BCUT2D eigenvalue weighted by atomic mass is 10.2. The van der Waals surface area contributed by atoms with Crippen molar-refractivity contribution in [3.63, 3.8) is 0 Å². The van der Waals surface area contributed by atoms with Crippen LogP contribution in [0.2, 0.25) is 0 Å². The van der Waals surface area contributed by atoms with E-state index in [4.69, 9.17) is 0 Å². The van der Waals surface area contributed by atoms with E-state index >= 15 is 0 Å². The molecule has 0 radical (unpaired) electrons. The molecule has 0 aromatic rings. The molecule has 1 saturated carbocycles. The lowest BCUT2D eigenvalue weighted by Crippen LogP contribution is -2.35. The van der Waals surface area contributed by atoms with Gasteiger partial charge in [-0.15, -0.1) is 0 Å². The Labute approximate surface area is 74.1 Å². The quantitative estimate of drug-likeness (QED) is 0.658. The van der Waals surface area contributed by atoms with Gasteiger partial charge in [0, 0.05) is 26.1 Å². The Morgan fingerprint density at radius 3 is 2.58 bits per heavy atom. The smallest absolute Gasteiger partial charge is 0.219 e. The Morgan fingerprint density at radius 1 is 1.50 bits per heavy atom. The molecule has 0 aromatic carbocycles. The molecule has 0 aromatic heterocycles. The van der Waals surface area contributed by atoms with Crippen LogP contribution in [0, 0.1) is 0 Å². The van der Waals surface area contributed by atoms with E-state index in [9.17, 15) is 4.79 Å². The molecule has 2 unspecified atom stereocenters. The maximum absolute atomic E-state index is 11.0. The second-order valence-corrected chi connectivity index (χ2v) is 3.58. The van der Waals surface area contributed by atoms with Crippen molar-refractivity contribution in [3.8, 4) is 0 Å². The minimum Gasteiger partial charge on any atom is -0.343 e. The van der Waals surface area contributed by atoms with E-state index in [1.807, 2.05) is 19.0 Å².